The Morgan fingerprint density at radius 2 is 2.05 bits per heavy atom. The van der Waals surface area contributed by atoms with Gasteiger partial charge < -0.3 is 5.11 Å². The highest BCUT2D eigenvalue weighted by Gasteiger charge is 2.14. The van der Waals surface area contributed by atoms with Gasteiger partial charge in [0, 0.05) is 26.8 Å². The Labute approximate surface area is 129 Å². The minimum absolute atomic E-state index is 0.00711. The van der Waals surface area contributed by atoms with Crippen LogP contribution in [0.25, 0.3) is 0 Å². The number of benzene rings is 2. The van der Waals surface area contributed by atoms with E-state index in [4.69, 9.17) is 5.11 Å². The molecule has 0 saturated heterocycles. The molecule has 0 fully saturated rings. The van der Waals surface area contributed by atoms with Crippen LogP contribution in [0.3, 0.4) is 0 Å². The van der Waals surface area contributed by atoms with E-state index in [0.717, 1.165) is 10.5 Å². The Balaban J connectivity index is 2.16. The van der Waals surface area contributed by atoms with Crippen molar-refractivity contribution in [3.8, 4) is 0 Å². The molecule has 20 heavy (non-hydrogen) atoms. The number of hydrogen-bond acceptors (Lipinski definition) is 4. The van der Waals surface area contributed by atoms with Crippen molar-refractivity contribution < 1.29 is 10.0 Å². The van der Waals surface area contributed by atoms with E-state index in [0.29, 0.717) is 15.8 Å². The Morgan fingerprint density at radius 3 is 2.75 bits per heavy atom. The molecule has 2 aromatic carbocycles. The summed E-state index contributed by atoms with van der Waals surface area (Å²) in [6.45, 7) is -0.00711. The third kappa shape index (κ3) is 3.82. The van der Waals surface area contributed by atoms with Crippen LogP contribution in [0.5, 0.6) is 0 Å². The van der Waals surface area contributed by atoms with Gasteiger partial charge in [-0.15, -0.1) is 11.8 Å². The maximum Gasteiger partial charge on any atom is 0.274 e. The van der Waals surface area contributed by atoms with Gasteiger partial charge in [-0.05, 0) is 23.8 Å². The Kier molecular flexibility index (Phi) is 5.17. The second-order valence-electron chi connectivity index (χ2n) is 4.12. The first-order chi connectivity index (χ1) is 9.60. The molecule has 0 aliphatic heterocycles. The molecule has 0 unspecified atom stereocenters. The first-order valence-electron chi connectivity index (χ1n) is 5.85. The van der Waals surface area contributed by atoms with E-state index in [1.807, 2.05) is 24.3 Å². The van der Waals surface area contributed by atoms with Crippen LogP contribution in [0, 0.1) is 10.1 Å². The molecular formula is C14H12BrNO3S. The Morgan fingerprint density at radius 1 is 1.25 bits per heavy atom. The van der Waals surface area contributed by atoms with Crippen LogP contribution < -0.4 is 0 Å². The first kappa shape index (κ1) is 15.0. The highest BCUT2D eigenvalue weighted by molar-refractivity contribution is 9.10. The van der Waals surface area contributed by atoms with Crippen LogP contribution in [0.1, 0.15) is 11.1 Å². The maximum atomic E-state index is 11.0. The lowest BCUT2D eigenvalue weighted by Gasteiger charge is -2.05. The van der Waals surface area contributed by atoms with Crippen molar-refractivity contribution >= 4 is 33.4 Å². The average Bonchev–Trinajstić information content (AvgIpc) is 2.46. The van der Waals surface area contributed by atoms with Crippen molar-refractivity contribution in [2.24, 2.45) is 0 Å². The molecule has 6 heteroatoms. The van der Waals surface area contributed by atoms with Gasteiger partial charge in [0.15, 0.2) is 0 Å². The highest BCUT2D eigenvalue weighted by atomic mass is 79.9. The van der Waals surface area contributed by atoms with E-state index in [2.05, 4.69) is 15.9 Å². The molecular weight excluding hydrogens is 342 g/mol. The molecule has 0 aliphatic rings. The summed E-state index contributed by atoms with van der Waals surface area (Å²) in [4.78, 5) is 11.6. The predicted octanol–water partition coefficient (Wildman–Crippen LogP) is 4.14. The van der Waals surface area contributed by atoms with E-state index >= 15 is 0 Å². The fourth-order valence-electron chi connectivity index (χ4n) is 1.72. The van der Waals surface area contributed by atoms with E-state index in [-0.39, 0.29) is 17.2 Å². The summed E-state index contributed by atoms with van der Waals surface area (Å²) in [6.07, 6.45) is 0. The zero-order chi connectivity index (χ0) is 14.5. The molecule has 104 valence electrons. The maximum absolute atomic E-state index is 11.0. The van der Waals surface area contributed by atoms with Crippen LogP contribution >= 0.6 is 27.7 Å². The van der Waals surface area contributed by atoms with Crippen molar-refractivity contribution in [1.82, 2.24) is 0 Å². The minimum atomic E-state index is -0.370. The number of halogens is 1. The molecule has 2 aromatic rings. The van der Waals surface area contributed by atoms with Gasteiger partial charge in [-0.3, -0.25) is 10.1 Å². The molecule has 0 atom stereocenters. The van der Waals surface area contributed by atoms with Crippen molar-refractivity contribution in [3.05, 3.63) is 68.2 Å². The molecule has 0 aromatic heterocycles. The van der Waals surface area contributed by atoms with Gasteiger partial charge in [0.1, 0.15) is 0 Å². The molecule has 2 rings (SSSR count). The van der Waals surface area contributed by atoms with E-state index < -0.39 is 0 Å². The molecule has 0 heterocycles. The zero-order valence-electron chi connectivity index (χ0n) is 10.5. The number of nitrogens with zero attached hydrogens (tertiary/aromatic N) is 1. The second-order valence-corrected chi connectivity index (χ2v) is 6.09. The number of aliphatic hydroxyl groups is 1. The SMILES string of the molecule is O=[N+]([O-])c1cc(Br)ccc1CSc1cccc(CO)c1. The Bertz CT molecular complexity index is 634. The molecule has 1 N–H and O–H groups in total. The predicted molar refractivity (Wildman–Crippen MR) is 82.7 cm³/mol. The summed E-state index contributed by atoms with van der Waals surface area (Å²) >= 11 is 4.75. The fourth-order valence-corrected chi connectivity index (χ4v) is 3.05. The number of nitro benzene ring substituents is 1. The average molecular weight is 354 g/mol. The summed E-state index contributed by atoms with van der Waals surface area (Å²) in [5.74, 6) is 0.512. The van der Waals surface area contributed by atoms with Gasteiger partial charge in [0.2, 0.25) is 0 Å². The smallest absolute Gasteiger partial charge is 0.274 e. The second kappa shape index (κ2) is 6.88. The number of hydrogen-bond donors (Lipinski definition) is 1. The van der Waals surface area contributed by atoms with Gasteiger partial charge in [0.25, 0.3) is 5.69 Å². The van der Waals surface area contributed by atoms with Gasteiger partial charge in [-0.25, -0.2) is 0 Å². The van der Waals surface area contributed by atoms with E-state index in [1.54, 1.807) is 12.1 Å². The van der Waals surface area contributed by atoms with Crippen molar-refractivity contribution in [3.63, 3.8) is 0 Å². The molecule has 4 nitrogen and oxygen atoms in total. The summed E-state index contributed by atoms with van der Waals surface area (Å²) in [6, 6.07) is 12.6. The normalized spacial score (nSPS) is 10.5. The molecule has 0 aliphatic carbocycles. The molecule has 0 bridgehead atoms. The lowest BCUT2D eigenvalue weighted by molar-refractivity contribution is -0.385. The quantitative estimate of drug-likeness (QED) is 0.498. The zero-order valence-corrected chi connectivity index (χ0v) is 12.9. The minimum Gasteiger partial charge on any atom is -0.392 e. The number of thioether (sulfide) groups is 1. The summed E-state index contributed by atoms with van der Waals surface area (Å²) < 4.78 is 0.695. The summed E-state index contributed by atoms with van der Waals surface area (Å²) in [7, 11) is 0. The molecule has 0 radical (unpaired) electrons. The lowest BCUT2D eigenvalue weighted by Crippen LogP contribution is -1.94. The standard InChI is InChI=1S/C14H12BrNO3S/c15-12-5-4-11(14(7-12)16(18)19)9-20-13-3-1-2-10(6-13)8-17/h1-7,17H,8-9H2. The van der Waals surface area contributed by atoms with Crippen LogP contribution in [-0.2, 0) is 12.4 Å². The van der Waals surface area contributed by atoms with Crippen molar-refractivity contribution in [2.45, 2.75) is 17.3 Å². The number of rotatable bonds is 5. The molecule has 0 spiro atoms. The molecule has 0 saturated carbocycles. The number of nitro groups is 1. The monoisotopic (exact) mass is 353 g/mol. The largest absolute Gasteiger partial charge is 0.392 e. The fraction of sp³-hybridized carbons (Fsp3) is 0.143. The summed E-state index contributed by atoms with van der Waals surface area (Å²) in [5, 5.41) is 20.1. The third-order valence-electron chi connectivity index (χ3n) is 2.72. The molecule has 0 amide bonds. The van der Waals surface area contributed by atoms with Crippen LogP contribution in [-0.4, -0.2) is 10.0 Å². The van der Waals surface area contributed by atoms with Crippen LogP contribution in [0.4, 0.5) is 5.69 Å². The van der Waals surface area contributed by atoms with Crippen molar-refractivity contribution in [1.29, 1.82) is 0 Å². The lowest BCUT2D eigenvalue weighted by atomic mass is 10.2. The number of aliphatic hydroxyl groups excluding tert-OH is 1. The Hall–Kier alpha value is -1.37. The first-order valence-corrected chi connectivity index (χ1v) is 7.63. The van der Waals surface area contributed by atoms with Crippen LogP contribution in [0.15, 0.2) is 51.8 Å². The van der Waals surface area contributed by atoms with E-state index in [1.165, 1.54) is 17.8 Å². The highest BCUT2D eigenvalue weighted by Crippen LogP contribution is 2.30. The van der Waals surface area contributed by atoms with Gasteiger partial charge in [-0.2, -0.15) is 0 Å². The van der Waals surface area contributed by atoms with Crippen molar-refractivity contribution in [2.75, 3.05) is 0 Å². The van der Waals surface area contributed by atoms with E-state index in [9.17, 15) is 10.1 Å². The summed E-state index contributed by atoms with van der Waals surface area (Å²) in [5.41, 5.74) is 1.63. The topological polar surface area (TPSA) is 63.4 Å². The third-order valence-corrected chi connectivity index (χ3v) is 4.26. The van der Waals surface area contributed by atoms with Gasteiger partial charge in [-0.1, -0.05) is 34.1 Å². The van der Waals surface area contributed by atoms with Crippen LogP contribution in [0.2, 0.25) is 0 Å². The van der Waals surface area contributed by atoms with Gasteiger partial charge in [0.05, 0.1) is 11.5 Å². The van der Waals surface area contributed by atoms with Gasteiger partial charge >= 0.3 is 0 Å².